The van der Waals surface area contributed by atoms with E-state index < -0.39 is 30.6 Å². The van der Waals surface area contributed by atoms with E-state index >= 15 is 0 Å². The maximum absolute atomic E-state index is 12.2. The molecular formula is C19H17F3N2O4. The summed E-state index contributed by atoms with van der Waals surface area (Å²) in [5.74, 6) is -3.44. The van der Waals surface area contributed by atoms with Crippen LogP contribution in [0.4, 0.5) is 18.9 Å². The lowest BCUT2D eigenvalue weighted by Crippen LogP contribution is -2.31. The fraction of sp³-hybridized carbons (Fsp3) is 0.211. The normalized spacial score (nSPS) is 12.0. The molecule has 0 spiro atoms. The van der Waals surface area contributed by atoms with Crippen molar-refractivity contribution < 1.29 is 32.3 Å². The first-order valence-electron chi connectivity index (χ1n) is 8.16. The standard InChI is InChI=1S/C19H17F3N2O4/c1-12(13-5-3-2-4-6-13)23-16(25)11-28-17(26)14-7-9-15(10-8-14)24-18(27)19(20,21)22/h2-10,12H,11H2,1H3,(H,23,25)(H,24,27)/t12-/m1/s1. The van der Waals surface area contributed by atoms with Crippen molar-refractivity contribution in [3.8, 4) is 0 Å². The average molecular weight is 394 g/mol. The molecule has 148 valence electrons. The Morgan fingerprint density at radius 2 is 1.61 bits per heavy atom. The van der Waals surface area contributed by atoms with E-state index in [4.69, 9.17) is 4.74 Å². The smallest absolute Gasteiger partial charge is 0.452 e. The van der Waals surface area contributed by atoms with Gasteiger partial charge in [0.25, 0.3) is 5.91 Å². The number of benzene rings is 2. The van der Waals surface area contributed by atoms with Crippen LogP contribution >= 0.6 is 0 Å². The molecule has 0 unspecified atom stereocenters. The third kappa shape index (κ3) is 6.11. The molecule has 0 heterocycles. The maximum Gasteiger partial charge on any atom is 0.471 e. The van der Waals surface area contributed by atoms with Gasteiger partial charge in [0.2, 0.25) is 0 Å². The molecule has 1 atom stereocenters. The quantitative estimate of drug-likeness (QED) is 0.737. The molecule has 2 aromatic rings. The molecule has 28 heavy (non-hydrogen) atoms. The summed E-state index contributed by atoms with van der Waals surface area (Å²) in [5.41, 5.74) is 0.779. The number of amides is 2. The highest BCUT2D eigenvalue weighted by molar-refractivity contribution is 5.96. The van der Waals surface area contributed by atoms with Crippen molar-refractivity contribution in [2.24, 2.45) is 0 Å². The van der Waals surface area contributed by atoms with Crippen molar-refractivity contribution in [2.75, 3.05) is 11.9 Å². The predicted molar refractivity (Wildman–Crippen MR) is 94.4 cm³/mol. The largest absolute Gasteiger partial charge is 0.471 e. The number of ether oxygens (including phenoxy) is 1. The summed E-state index contributed by atoms with van der Waals surface area (Å²) in [6, 6.07) is 13.5. The number of carbonyl (C=O) groups excluding carboxylic acids is 3. The summed E-state index contributed by atoms with van der Waals surface area (Å²) in [4.78, 5) is 34.7. The van der Waals surface area contributed by atoms with Crippen LogP contribution in [-0.4, -0.2) is 30.6 Å². The minimum Gasteiger partial charge on any atom is -0.452 e. The van der Waals surface area contributed by atoms with Gasteiger partial charge < -0.3 is 15.4 Å². The lowest BCUT2D eigenvalue weighted by Gasteiger charge is -2.14. The minimum atomic E-state index is -5.01. The minimum absolute atomic E-state index is 0.0221. The van der Waals surface area contributed by atoms with E-state index in [1.165, 1.54) is 12.1 Å². The molecule has 0 saturated heterocycles. The predicted octanol–water partition coefficient (Wildman–Crippen LogP) is 3.22. The van der Waals surface area contributed by atoms with Gasteiger partial charge in [-0.2, -0.15) is 13.2 Å². The number of anilines is 1. The van der Waals surface area contributed by atoms with Gasteiger partial charge in [-0.1, -0.05) is 30.3 Å². The van der Waals surface area contributed by atoms with Gasteiger partial charge in [-0.05, 0) is 36.8 Å². The number of rotatable bonds is 6. The highest BCUT2D eigenvalue weighted by Gasteiger charge is 2.38. The Morgan fingerprint density at radius 1 is 1.00 bits per heavy atom. The van der Waals surface area contributed by atoms with Gasteiger partial charge in [-0.15, -0.1) is 0 Å². The Balaban J connectivity index is 1.84. The molecule has 2 aromatic carbocycles. The summed E-state index contributed by atoms with van der Waals surface area (Å²) in [7, 11) is 0. The zero-order valence-corrected chi connectivity index (χ0v) is 14.7. The number of nitrogens with one attached hydrogen (secondary N) is 2. The number of halogens is 3. The molecule has 9 heteroatoms. The second-order valence-electron chi connectivity index (χ2n) is 5.81. The Morgan fingerprint density at radius 3 is 2.18 bits per heavy atom. The monoisotopic (exact) mass is 394 g/mol. The van der Waals surface area contributed by atoms with Crippen LogP contribution in [0.2, 0.25) is 0 Å². The van der Waals surface area contributed by atoms with Crippen molar-refractivity contribution in [3.05, 3.63) is 65.7 Å². The second-order valence-corrected chi connectivity index (χ2v) is 5.81. The Bertz CT molecular complexity index is 837. The Kier molecular flexibility index (Phi) is 6.75. The molecule has 0 bridgehead atoms. The summed E-state index contributed by atoms with van der Waals surface area (Å²) in [6.07, 6.45) is -5.01. The van der Waals surface area contributed by atoms with Crippen LogP contribution in [0.5, 0.6) is 0 Å². The van der Waals surface area contributed by atoms with E-state index in [-0.39, 0.29) is 17.3 Å². The van der Waals surface area contributed by atoms with Crippen LogP contribution < -0.4 is 10.6 Å². The van der Waals surface area contributed by atoms with Gasteiger partial charge in [0, 0.05) is 5.69 Å². The lowest BCUT2D eigenvalue weighted by atomic mass is 10.1. The summed E-state index contributed by atoms with van der Waals surface area (Å²) in [6.45, 7) is 1.27. The van der Waals surface area contributed by atoms with Crippen molar-refractivity contribution in [1.82, 2.24) is 5.32 Å². The van der Waals surface area contributed by atoms with Crippen LogP contribution in [0.15, 0.2) is 54.6 Å². The molecule has 6 nitrogen and oxygen atoms in total. The van der Waals surface area contributed by atoms with E-state index in [0.717, 1.165) is 17.7 Å². The van der Waals surface area contributed by atoms with Gasteiger partial charge in [0.05, 0.1) is 11.6 Å². The molecule has 2 N–H and O–H groups in total. The highest BCUT2D eigenvalue weighted by atomic mass is 19.4. The molecule has 0 saturated carbocycles. The van der Waals surface area contributed by atoms with Crippen molar-refractivity contribution in [1.29, 1.82) is 0 Å². The number of esters is 1. The zero-order valence-electron chi connectivity index (χ0n) is 14.7. The maximum atomic E-state index is 12.2. The SMILES string of the molecule is C[C@@H](NC(=O)COC(=O)c1ccc(NC(=O)C(F)(F)F)cc1)c1ccccc1. The fourth-order valence-corrected chi connectivity index (χ4v) is 2.21. The van der Waals surface area contributed by atoms with Gasteiger partial charge in [0.15, 0.2) is 6.61 Å². The zero-order chi connectivity index (χ0) is 20.7. The number of carbonyl (C=O) groups is 3. The molecule has 2 rings (SSSR count). The van der Waals surface area contributed by atoms with Gasteiger partial charge in [0.1, 0.15) is 0 Å². The van der Waals surface area contributed by atoms with Crippen LogP contribution in [-0.2, 0) is 14.3 Å². The molecular weight excluding hydrogens is 377 g/mol. The fourth-order valence-electron chi connectivity index (χ4n) is 2.21. The average Bonchev–Trinajstić information content (AvgIpc) is 2.66. The first-order chi connectivity index (χ1) is 13.2. The molecule has 2 amide bonds. The lowest BCUT2D eigenvalue weighted by molar-refractivity contribution is -0.167. The van der Waals surface area contributed by atoms with Crippen LogP contribution in [0.1, 0.15) is 28.9 Å². The molecule has 0 aliphatic heterocycles. The van der Waals surface area contributed by atoms with E-state index in [1.54, 1.807) is 12.2 Å². The molecule has 0 aliphatic carbocycles. The first-order valence-corrected chi connectivity index (χ1v) is 8.16. The van der Waals surface area contributed by atoms with E-state index in [1.807, 2.05) is 30.3 Å². The van der Waals surface area contributed by atoms with Crippen molar-refractivity contribution in [3.63, 3.8) is 0 Å². The Labute approximate surface area is 158 Å². The van der Waals surface area contributed by atoms with Crippen molar-refractivity contribution >= 4 is 23.5 Å². The van der Waals surface area contributed by atoms with Crippen LogP contribution in [0, 0.1) is 0 Å². The van der Waals surface area contributed by atoms with Gasteiger partial charge in [-0.25, -0.2) is 4.79 Å². The highest BCUT2D eigenvalue weighted by Crippen LogP contribution is 2.18. The van der Waals surface area contributed by atoms with Crippen LogP contribution in [0.25, 0.3) is 0 Å². The third-order valence-electron chi connectivity index (χ3n) is 3.65. The molecule has 0 aliphatic rings. The summed E-state index contributed by atoms with van der Waals surface area (Å²) in [5, 5.41) is 4.33. The Hall–Kier alpha value is -3.36. The number of hydrogen-bond donors (Lipinski definition) is 2. The number of alkyl halides is 3. The molecule has 0 radical (unpaired) electrons. The molecule has 0 aromatic heterocycles. The first kappa shape index (κ1) is 20.9. The second kappa shape index (κ2) is 9.03. The van der Waals surface area contributed by atoms with Gasteiger partial charge >= 0.3 is 18.1 Å². The van der Waals surface area contributed by atoms with Gasteiger partial charge in [-0.3, -0.25) is 9.59 Å². The molecule has 0 fully saturated rings. The number of hydrogen-bond acceptors (Lipinski definition) is 4. The van der Waals surface area contributed by atoms with E-state index in [9.17, 15) is 27.6 Å². The van der Waals surface area contributed by atoms with Crippen LogP contribution in [0.3, 0.4) is 0 Å². The van der Waals surface area contributed by atoms with E-state index in [0.29, 0.717) is 0 Å². The summed E-state index contributed by atoms with van der Waals surface area (Å²) < 4.78 is 41.5. The third-order valence-corrected chi connectivity index (χ3v) is 3.65. The topological polar surface area (TPSA) is 84.5 Å². The van der Waals surface area contributed by atoms with Crippen molar-refractivity contribution in [2.45, 2.75) is 19.1 Å². The van der Waals surface area contributed by atoms with E-state index in [2.05, 4.69) is 5.32 Å². The summed E-state index contributed by atoms with van der Waals surface area (Å²) >= 11 is 0.